The quantitative estimate of drug-likeness (QED) is 0.322. The number of oxime groups is 1. The van der Waals surface area contributed by atoms with Gasteiger partial charge in [0.15, 0.2) is 5.84 Å². The maximum absolute atomic E-state index is 12.2. The van der Waals surface area contributed by atoms with E-state index in [1.54, 1.807) is 0 Å². The van der Waals surface area contributed by atoms with Crippen molar-refractivity contribution in [1.29, 1.82) is 0 Å². The molecule has 1 heterocycles. The summed E-state index contributed by atoms with van der Waals surface area (Å²) >= 11 is 0. The number of carbonyl (C=O) groups excluding carboxylic acids is 1. The molecular formula is C11H19N3O2. The molecule has 0 radical (unpaired) electrons. The minimum Gasteiger partial charge on any atom is -0.409 e. The van der Waals surface area contributed by atoms with Crippen LogP contribution in [-0.2, 0) is 4.79 Å². The molecule has 5 nitrogen and oxygen atoms in total. The van der Waals surface area contributed by atoms with E-state index in [0.717, 1.165) is 38.8 Å². The average Bonchev–Trinajstić information content (AvgIpc) is 2.98. The topological polar surface area (TPSA) is 78.9 Å². The maximum Gasteiger partial charge on any atom is 0.236 e. The molecule has 1 atom stereocenters. The van der Waals surface area contributed by atoms with Crippen molar-refractivity contribution in [3.05, 3.63) is 0 Å². The summed E-state index contributed by atoms with van der Waals surface area (Å²) in [5.41, 5.74) is 4.93. The molecule has 1 unspecified atom stereocenters. The average molecular weight is 225 g/mol. The van der Waals surface area contributed by atoms with Crippen molar-refractivity contribution in [3.8, 4) is 0 Å². The van der Waals surface area contributed by atoms with Crippen molar-refractivity contribution in [2.75, 3.05) is 13.1 Å². The molecule has 3 N–H and O–H groups in total. The highest BCUT2D eigenvalue weighted by Crippen LogP contribution is 2.48. The Morgan fingerprint density at radius 3 is 2.75 bits per heavy atom. The molecule has 1 aliphatic carbocycles. The standard InChI is InChI=1S/C11H19N3O2/c1-2-8-3-6-14(7-8)10(15)11(4-5-11)9(12)13-16/h8,16H,2-7H2,1H3,(H2,12,13). The van der Waals surface area contributed by atoms with Crippen LogP contribution in [0.3, 0.4) is 0 Å². The van der Waals surface area contributed by atoms with Gasteiger partial charge in [0.2, 0.25) is 5.91 Å². The molecule has 1 saturated heterocycles. The van der Waals surface area contributed by atoms with Crippen LogP contribution in [0.1, 0.15) is 32.6 Å². The zero-order chi connectivity index (χ0) is 11.8. The lowest BCUT2D eigenvalue weighted by atomic mass is 10.0. The predicted octanol–water partition coefficient (Wildman–Crippen LogP) is 0.771. The largest absolute Gasteiger partial charge is 0.409 e. The van der Waals surface area contributed by atoms with Crippen LogP contribution in [0, 0.1) is 11.3 Å². The first-order chi connectivity index (χ1) is 7.64. The summed E-state index contributed by atoms with van der Waals surface area (Å²) in [4.78, 5) is 14.1. The van der Waals surface area contributed by atoms with E-state index in [-0.39, 0.29) is 11.7 Å². The first kappa shape index (κ1) is 11.2. The van der Waals surface area contributed by atoms with Crippen molar-refractivity contribution < 1.29 is 10.0 Å². The number of hydrogen-bond donors (Lipinski definition) is 2. The van der Waals surface area contributed by atoms with Crippen LogP contribution in [0.25, 0.3) is 0 Å². The number of carbonyl (C=O) groups is 1. The summed E-state index contributed by atoms with van der Waals surface area (Å²) in [6.45, 7) is 3.79. The number of rotatable bonds is 3. The first-order valence-corrected chi connectivity index (χ1v) is 5.91. The summed E-state index contributed by atoms with van der Waals surface area (Å²) in [5, 5.41) is 11.7. The normalized spacial score (nSPS) is 28.2. The molecule has 0 aromatic carbocycles. The molecular weight excluding hydrogens is 206 g/mol. The molecule has 5 heteroatoms. The third-order valence-corrected chi connectivity index (χ3v) is 3.91. The molecule has 1 amide bonds. The van der Waals surface area contributed by atoms with Crippen molar-refractivity contribution >= 4 is 11.7 Å². The van der Waals surface area contributed by atoms with Gasteiger partial charge in [0, 0.05) is 13.1 Å². The van der Waals surface area contributed by atoms with E-state index in [2.05, 4.69) is 12.1 Å². The second-order valence-corrected chi connectivity index (χ2v) is 4.88. The summed E-state index contributed by atoms with van der Waals surface area (Å²) < 4.78 is 0. The number of hydrogen-bond acceptors (Lipinski definition) is 3. The lowest BCUT2D eigenvalue weighted by Gasteiger charge is -2.22. The Bertz CT molecular complexity index is 323. The Hall–Kier alpha value is -1.26. The van der Waals surface area contributed by atoms with Gasteiger partial charge in [-0.3, -0.25) is 4.79 Å². The van der Waals surface area contributed by atoms with Gasteiger partial charge in [-0.05, 0) is 25.2 Å². The third-order valence-electron chi connectivity index (χ3n) is 3.91. The van der Waals surface area contributed by atoms with E-state index in [9.17, 15) is 4.79 Å². The van der Waals surface area contributed by atoms with E-state index in [1.165, 1.54) is 0 Å². The van der Waals surface area contributed by atoms with Gasteiger partial charge in [0.25, 0.3) is 0 Å². The van der Waals surface area contributed by atoms with Crippen LogP contribution >= 0.6 is 0 Å². The van der Waals surface area contributed by atoms with Gasteiger partial charge in [-0.1, -0.05) is 18.5 Å². The molecule has 2 aliphatic rings. The van der Waals surface area contributed by atoms with Gasteiger partial charge in [0.05, 0.1) is 0 Å². The predicted molar refractivity (Wildman–Crippen MR) is 60.1 cm³/mol. The fourth-order valence-electron chi connectivity index (χ4n) is 2.45. The van der Waals surface area contributed by atoms with Crippen molar-refractivity contribution in [2.24, 2.45) is 22.2 Å². The number of nitrogens with zero attached hydrogens (tertiary/aromatic N) is 2. The Labute approximate surface area is 95.3 Å². The van der Waals surface area contributed by atoms with Gasteiger partial charge >= 0.3 is 0 Å². The van der Waals surface area contributed by atoms with Crippen LogP contribution in [0.4, 0.5) is 0 Å². The summed E-state index contributed by atoms with van der Waals surface area (Å²) in [5.74, 6) is 0.753. The van der Waals surface area contributed by atoms with Gasteiger partial charge in [-0.15, -0.1) is 0 Å². The monoisotopic (exact) mass is 225 g/mol. The molecule has 0 spiro atoms. The number of amidine groups is 1. The SMILES string of the molecule is CCC1CCN(C(=O)C2(C(N)=NO)CC2)C1. The summed E-state index contributed by atoms with van der Waals surface area (Å²) in [6, 6.07) is 0. The van der Waals surface area contributed by atoms with Gasteiger partial charge in [-0.25, -0.2) is 0 Å². The summed E-state index contributed by atoms with van der Waals surface area (Å²) in [7, 11) is 0. The van der Waals surface area contributed by atoms with Crippen LogP contribution in [0.15, 0.2) is 5.16 Å². The highest BCUT2D eigenvalue weighted by molar-refractivity contribution is 6.09. The number of likely N-dealkylation sites (tertiary alicyclic amines) is 1. The molecule has 0 bridgehead atoms. The zero-order valence-corrected chi connectivity index (χ0v) is 9.65. The van der Waals surface area contributed by atoms with Crippen LogP contribution in [0.5, 0.6) is 0 Å². The fourth-order valence-corrected chi connectivity index (χ4v) is 2.45. The minimum absolute atomic E-state index is 0.0544. The first-order valence-electron chi connectivity index (χ1n) is 5.91. The highest BCUT2D eigenvalue weighted by Gasteiger charge is 2.56. The summed E-state index contributed by atoms with van der Waals surface area (Å²) in [6.07, 6.45) is 3.62. The second kappa shape index (κ2) is 3.96. The smallest absolute Gasteiger partial charge is 0.236 e. The van der Waals surface area contributed by atoms with Crippen LogP contribution in [0.2, 0.25) is 0 Å². The van der Waals surface area contributed by atoms with Crippen LogP contribution in [-0.4, -0.2) is 34.9 Å². The van der Waals surface area contributed by atoms with E-state index in [4.69, 9.17) is 10.9 Å². The molecule has 16 heavy (non-hydrogen) atoms. The van der Waals surface area contributed by atoms with E-state index < -0.39 is 5.41 Å². The van der Waals surface area contributed by atoms with Gasteiger partial charge in [-0.2, -0.15) is 0 Å². The number of amides is 1. The third kappa shape index (κ3) is 1.64. The fraction of sp³-hybridized carbons (Fsp3) is 0.818. The highest BCUT2D eigenvalue weighted by atomic mass is 16.4. The molecule has 1 aliphatic heterocycles. The Morgan fingerprint density at radius 2 is 2.31 bits per heavy atom. The van der Waals surface area contributed by atoms with Crippen molar-refractivity contribution in [2.45, 2.75) is 32.6 Å². The lowest BCUT2D eigenvalue weighted by Crippen LogP contribution is -2.42. The Balaban J connectivity index is 2.04. The minimum atomic E-state index is -0.669. The second-order valence-electron chi connectivity index (χ2n) is 4.88. The van der Waals surface area contributed by atoms with E-state index >= 15 is 0 Å². The Morgan fingerprint density at radius 1 is 1.62 bits per heavy atom. The van der Waals surface area contributed by atoms with E-state index in [1.807, 2.05) is 4.90 Å². The molecule has 1 saturated carbocycles. The maximum atomic E-state index is 12.2. The van der Waals surface area contributed by atoms with Gasteiger partial charge < -0.3 is 15.8 Å². The van der Waals surface area contributed by atoms with Gasteiger partial charge in [0.1, 0.15) is 5.41 Å². The molecule has 0 aromatic rings. The molecule has 2 rings (SSSR count). The van der Waals surface area contributed by atoms with Crippen molar-refractivity contribution in [3.63, 3.8) is 0 Å². The number of nitrogens with two attached hydrogens (primary N) is 1. The molecule has 2 fully saturated rings. The molecule has 90 valence electrons. The van der Waals surface area contributed by atoms with Crippen LogP contribution < -0.4 is 5.73 Å². The molecule has 0 aromatic heterocycles. The zero-order valence-electron chi connectivity index (χ0n) is 9.65. The lowest BCUT2D eigenvalue weighted by molar-refractivity contribution is -0.133. The Kier molecular flexibility index (Phi) is 2.78. The van der Waals surface area contributed by atoms with E-state index in [0.29, 0.717) is 5.92 Å². The van der Waals surface area contributed by atoms with Crippen molar-refractivity contribution in [1.82, 2.24) is 4.90 Å².